The highest BCUT2D eigenvalue weighted by Gasteiger charge is 2.00. The third-order valence-electron chi connectivity index (χ3n) is 2.55. The van der Waals surface area contributed by atoms with Gasteiger partial charge in [-0.05, 0) is 31.0 Å². The lowest BCUT2D eigenvalue weighted by molar-refractivity contribution is 1.26. The molecule has 1 heterocycles. The average molecular weight is 213 g/mol. The second-order valence-corrected chi connectivity index (χ2v) is 3.87. The van der Waals surface area contributed by atoms with Crippen LogP contribution in [0.3, 0.4) is 0 Å². The van der Waals surface area contributed by atoms with Crippen LogP contribution < -0.4 is 11.1 Å². The maximum Gasteiger partial charge on any atom is 0.132 e. The zero-order valence-corrected chi connectivity index (χ0v) is 9.49. The Morgan fingerprint density at radius 3 is 2.56 bits per heavy atom. The second kappa shape index (κ2) is 4.23. The van der Waals surface area contributed by atoms with Crippen molar-refractivity contribution in [3.8, 4) is 0 Å². The second-order valence-electron chi connectivity index (χ2n) is 3.87. The van der Waals surface area contributed by atoms with Crippen molar-refractivity contribution in [2.24, 2.45) is 0 Å². The Labute approximate surface area is 95.3 Å². The minimum absolute atomic E-state index is 0.756. The van der Waals surface area contributed by atoms with Gasteiger partial charge in [-0.15, -0.1) is 0 Å². The van der Waals surface area contributed by atoms with Gasteiger partial charge < -0.3 is 11.1 Å². The van der Waals surface area contributed by atoms with Crippen LogP contribution in [0.25, 0.3) is 0 Å². The molecule has 2 aromatic rings. The number of para-hydroxylation sites is 1. The number of nitrogens with two attached hydrogens (primary N) is 1. The molecular formula is C13H15N3. The van der Waals surface area contributed by atoms with E-state index in [-0.39, 0.29) is 0 Å². The molecule has 16 heavy (non-hydrogen) atoms. The average Bonchev–Trinajstić information content (AvgIpc) is 2.27. The maximum absolute atomic E-state index is 5.83. The van der Waals surface area contributed by atoms with E-state index in [4.69, 9.17) is 5.73 Å². The summed E-state index contributed by atoms with van der Waals surface area (Å²) in [4.78, 5) is 4.28. The Morgan fingerprint density at radius 2 is 1.88 bits per heavy atom. The van der Waals surface area contributed by atoms with E-state index in [0.717, 1.165) is 22.8 Å². The number of anilines is 3. The quantitative estimate of drug-likeness (QED) is 0.806. The number of hydrogen-bond acceptors (Lipinski definition) is 3. The van der Waals surface area contributed by atoms with Crippen molar-refractivity contribution in [2.75, 3.05) is 11.1 Å². The highest BCUT2D eigenvalue weighted by molar-refractivity contribution is 5.63. The SMILES string of the molecule is Cc1cnc(Nc2ccccc2C)cc1N. The molecule has 0 aliphatic carbocycles. The van der Waals surface area contributed by atoms with Gasteiger partial charge in [-0.1, -0.05) is 18.2 Å². The van der Waals surface area contributed by atoms with Crippen molar-refractivity contribution < 1.29 is 0 Å². The van der Waals surface area contributed by atoms with Crippen LogP contribution in [0.5, 0.6) is 0 Å². The van der Waals surface area contributed by atoms with Crippen LogP contribution in [0.1, 0.15) is 11.1 Å². The van der Waals surface area contributed by atoms with E-state index < -0.39 is 0 Å². The fraction of sp³-hybridized carbons (Fsp3) is 0.154. The molecule has 2 rings (SSSR count). The summed E-state index contributed by atoms with van der Waals surface area (Å²) in [5, 5.41) is 3.25. The van der Waals surface area contributed by atoms with E-state index in [9.17, 15) is 0 Å². The summed E-state index contributed by atoms with van der Waals surface area (Å²) >= 11 is 0. The first-order valence-electron chi connectivity index (χ1n) is 5.21. The molecule has 0 radical (unpaired) electrons. The smallest absolute Gasteiger partial charge is 0.132 e. The minimum atomic E-state index is 0.756. The van der Waals surface area contributed by atoms with Crippen molar-refractivity contribution >= 4 is 17.2 Å². The van der Waals surface area contributed by atoms with Gasteiger partial charge in [-0.25, -0.2) is 4.98 Å². The highest BCUT2D eigenvalue weighted by Crippen LogP contribution is 2.20. The monoisotopic (exact) mass is 213 g/mol. The Kier molecular flexibility index (Phi) is 2.77. The van der Waals surface area contributed by atoms with Crippen LogP contribution in [0.15, 0.2) is 36.5 Å². The predicted octanol–water partition coefficient (Wildman–Crippen LogP) is 3.02. The summed E-state index contributed by atoms with van der Waals surface area (Å²) in [6.45, 7) is 4.00. The lowest BCUT2D eigenvalue weighted by atomic mass is 10.2. The first kappa shape index (κ1) is 10.5. The predicted molar refractivity (Wildman–Crippen MR) is 67.8 cm³/mol. The van der Waals surface area contributed by atoms with E-state index in [1.54, 1.807) is 6.20 Å². The summed E-state index contributed by atoms with van der Waals surface area (Å²) in [6, 6.07) is 9.93. The van der Waals surface area contributed by atoms with Crippen molar-refractivity contribution in [3.63, 3.8) is 0 Å². The third-order valence-corrected chi connectivity index (χ3v) is 2.55. The molecule has 0 amide bonds. The molecule has 0 unspecified atom stereocenters. The number of hydrogen-bond donors (Lipinski definition) is 2. The van der Waals surface area contributed by atoms with Crippen LogP contribution in [0.2, 0.25) is 0 Å². The number of rotatable bonds is 2. The summed E-state index contributed by atoms with van der Waals surface area (Å²) in [5.41, 5.74) is 9.82. The first-order chi connectivity index (χ1) is 7.66. The summed E-state index contributed by atoms with van der Waals surface area (Å²) in [7, 11) is 0. The Morgan fingerprint density at radius 1 is 1.12 bits per heavy atom. The molecule has 0 saturated heterocycles. The molecule has 0 fully saturated rings. The number of benzene rings is 1. The molecule has 0 spiro atoms. The van der Waals surface area contributed by atoms with Crippen molar-refractivity contribution in [3.05, 3.63) is 47.7 Å². The van der Waals surface area contributed by atoms with E-state index in [0.29, 0.717) is 0 Å². The molecule has 0 saturated carbocycles. The number of nitrogens with zero attached hydrogens (tertiary/aromatic N) is 1. The zero-order chi connectivity index (χ0) is 11.5. The van der Waals surface area contributed by atoms with Gasteiger partial charge in [0.2, 0.25) is 0 Å². The minimum Gasteiger partial charge on any atom is -0.398 e. The van der Waals surface area contributed by atoms with Gasteiger partial charge in [0.25, 0.3) is 0 Å². The van der Waals surface area contributed by atoms with Gasteiger partial charge in [0.05, 0.1) is 0 Å². The lowest BCUT2D eigenvalue weighted by Crippen LogP contribution is -1.98. The fourth-order valence-corrected chi connectivity index (χ4v) is 1.46. The van der Waals surface area contributed by atoms with E-state index in [1.807, 2.05) is 31.2 Å². The number of nitrogen functional groups attached to an aromatic ring is 1. The molecule has 0 aliphatic heterocycles. The standard InChI is InChI=1S/C13H15N3/c1-9-5-3-4-6-12(9)16-13-7-11(14)10(2)8-15-13/h3-8H,1-2H3,(H3,14,15,16). The summed E-state index contributed by atoms with van der Waals surface area (Å²) in [5.74, 6) is 0.775. The Balaban J connectivity index is 2.28. The normalized spacial score (nSPS) is 10.1. The molecular weight excluding hydrogens is 198 g/mol. The lowest BCUT2D eigenvalue weighted by Gasteiger charge is -2.09. The molecule has 1 aromatic carbocycles. The molecule has 82 valence electrons. The largest absolute Gasteiger partial charge is 0.398 e. The van der Waals surface area contributed by atoms with Gasteiger partial charge in [0, 0.05) is 23.6 Å². The molecule has 0 bridgehead atoms. The summed E-state index contributed by atoms with van der Waals surface area (Å²) in [6.07, 6.45) is 1.77. The highest BCUT2D eigenvalue weighted by atomic mass is 15.0. The molecule has 0 aliphatic rings. The number of aromatic nitrogens is 1. The van der Waals surface area contributed by atoms with Gasteiger partial charge >= 0.3 is 0 Å². The van der Waals surface area contributed by atoms with Gasteiger partial charge in [0.1, 0.15) is 5.82 Å². The zero-order valence-electron chi connectivity index (χ0n) is 9.49. The summed E-state index contributed by atoms with van der Waals surface area (Å²) < 4.78 is 0. The fourth-order valence-electron chi connectivity index (χ4n) is 1.46. The molecule has 1 aromatic heterocycles. The van der Waals surface area contributed by atoms with E-state index in [1.165, 1.54) is 5.56 Å². The van der Waals surface area contributed by atoms with Crippen molar-refractivity contribution in [1.29, 1.82) is 0 Å². The number of nitrogens with one attached hydrogen (secondary N) is 1. The molecule has 3 heteroatoms. The van der Waals surface area contributed by atoms with Crippen LogP contribution in [-0.4, -0.2) is 4.98 Å². The topological polar surface area (TPSA) is 50.9 Å². The van der Waals surface area contributed by atoms with Crippen LogP contribution in [0, 0.1) is 13.8 Å². The molecule has 3 N–H and O–H groups in total. The Bertz CT molecular complexity index is 506. The van der Waals surface area contributed by atoms with Gasteiger partial charge in [0.15, 0.2) is 0 Å². The van der Waals surface area contributed by atoms with Crippen LogP contribution in [-0.2, 0) is 0 Å². The number of pyridine rings is 1. The molecule has 0 atom stereocenters. The van der Waals surface area contributed by atoms with Crippen molar-refractivity contribution in [2.45, 2.75) is 13.8 Å². The van der Waals surface area contributed by atoms with Crippen LogP contribution >= 0.6 is 0 Å². The number of aryl methyl sites for hydroxylation is 2. The Hall–Kier alpha value is -2.03. The van der Waals surface area contributed by atoms with Crippen molar-refractivity contribution in [1.82, 2.24) is 4.98 Å². The first-order valence-corrected chi connectivity index (χ1v) is 5.21. The molecule has 3 nitrogen and oxygen atoms in total. The van der Waals surface area contributed by atoms with Gasteiger partial charge in [-0.2, -0.15) is 0 Å². The van der Waals surface area contributed by atoms with Crippen LogP contribution in [0.4, 0.5) is 17.2 Å². The third kappa shape index (κ3) is 2.14. The van der Waals surface area contributed by atoms with E-state index in [2.05, 4.69) is 23.3 Å². The van der Waals surface area contributed by atoms with Gasteiger partial charge in [-0.3, -0.25) is 0 Å². The van der Waals surface area contributed by atoms with E-state index >= 15 is 0 Å². The maximum atomic E-state index is 5.83.